The van der Waals surface area contributed by atoms with Crippen LogP contribution in [0.1, 0.15) is 25.3 Å². The Morgan fingerprint density at radius 1 is 1.50 bits per heavy atom. The van der Waals surface area contributed by atoms with Crippen LogP contribution in [0.5, 0.6) is 5.75 Å². The number of methoxy groups -OCH3 is 1. The maximum atomic E-state index is 13.5. The highest BCUT2D eigenvalue weighted by atomic mass is 19.1. The third-order valence-corrected chi connectivity index (χ3v) is 2.69. The van der Waals surface area contributed by atoms with E-state index in [0.717, 1.165) is 6.42 Å². The lowest BCUT2D eigenvalue weighted by molar-refractivity contribution is 0.0356. The molecule has 0 spiro atoms. The summed E-state index contributed by atoms with van der Waals surface area (Å²) in [6, 6.07) is 4.42. The summed E-state index contributed by atoms with van der Waals surface area (Å²) < 4.78 is 18.3. The first-order valence-corrected chi connectivity index (χ1v) is 5.34. The van der Waals surface area contributed by atoms with Gasteiger partial charge in [-0.1, -0.05) is 19.4 Å². The number of halogens is 1. The monoisotopic (exact) mass is 227 g/mol. The van der Waals surface area contributed by atoms with Crippen molar-refractivity contribution < 1.29 is 14.2 Å². The first-order valence-electron chi connectivity index (χ1n) is 5.34. The van der Waals surface area contributed by atoms with Crippen LogP contribution in [0.3, 0.4) is 0 Å². The van der Waals surface area contributed by atoms with Crippen LogP contribution in [-0.4, -0.2) is 18.8 Å². The molecular formula is C12H18FNO2. The Kier molecular flexibility index (Phi) is 4.26. The van der Waals surface area contributed by atoms with Crippen LogP contribution >= 0.6 is 0 Å². The van der Waals surface area contributed by atoms with Gasteiger partial charge in [0.1, 0.15) is 5.60 Å². The highest BCUT2D eigenvalue weighted by molar-refractivity contribution is 5.32. The van der Waals surface area contributed by atoms with Crippen molar-refractivity contribution in [1.82, 2.24) is 0 Å². The molecule has 0 aliphatic carbocycles. The second kappa shape index (κ2) is 5.27. The zero-order chi connectivity index (χ0) is 12.2. The normalized spacial score (nSPS) is 14.6. The summed E-state index contributed by atoms with van der Waals surface area (Å²) in [5.41, 5.74) is 4.89. The van der Waals surface area contributed by atoms with Gasteiger partial charge < -0.3 is 15.6 Å². The lowest BCUT2D eigenvalue weighted by atomic mass is 9.89. The molecule has 0 saturated heterocycles. The number of benzene rings is 1. The maximum Gasteiger partial charge on any atom is 0.165 e. The summed E-state index contributed by atoms with van der Waals surface area (Å²) in [4.78, 5) is 0. The average molecular weight is 227 g/mol. The van der Waals surface area contributed by atoms with Crippen molar-refractivity contribution in [3.8, 4) is 5.75 Å². The minimum Gasteiger partial charge on any atom is -0.494 e. The second-order valence-corrected chi connectivity index (χ2v) is 3.84. The summed E-state index contributed by atoms with van der Waals surface area (Å²) in [6.45, 7) is 2.02. The smallest absolute Gasteiger partial charge is 0.165 e. The Bertz CT molecular complexity index is 357. The van der Waals surface area contributed by atoms with Crippen LogP contribution in [-0.2, 0) is 5.60 Å². The average Bonchev–Trinajstić information content (AvgIpc) is 2.29. The van der Waals surface area contributed by atoms with Gasteiger partial charge >= 0.3 is 0 Å². The molecular weight excluding hydrogens is 209 g/mol. The van der Waals surface area contributed by atoms with Gasteiger partial charge in [0.15, 0.2) is 11.6 Å². The Labute approximate surface area is 95.0 Å². The molecule has 1 aromatic carbocycles. The molecule has 0 aliphatic heterocycles. The van der Waals surface area contributed by atoms with Gasteiger partial charge in [-0.3, -0.25) is 0 Å². The van der Waals surface area contributed by atoms with Crippen LogP contribution in [0.2, 0.25) is 0 Å². The summed E-state index contributed by atoms with van der Waals surface area (Å²) in [7, 11) is 1.40. The summed E-state index contributed by atoms with van der Waals surface area (Å²) in [5, 5.41) is 10.2. The molecule has 0 aliphatic rings. The Morgan fingerprint density at radius 3 is 2.62 bits per heavy atom. The molecule has 0 aromatic heterocycles. The van der Waals surface area contributed by atoms with Crippen LogP contribution in [0.25, 0.3) is 0 Å². The predicted molar refractivity (Wildman–Crippen MR) is 60.8 cm³/mol. The van der Waals surface area contributed by atoms with Crippen LogP contribution < -0.4 is 10.5 Å². The minimum absolute atomic E-state index is 0.0760. The van der Waals surface area contributed by atoms with E-state index < -0.39 is 11.4 Å². The van der Waals surface area contributed by atoms with Gasteiger partial charge in [0.05, 0.1) is 7.11 Å². The van der Waals surface area contributed by atoms with Crippen molar-refractivity contribution in [1.29, 1.82) is 0 Å². The van der Waals surface area contributed by atoms with Crippen LogP contribution in [0.15, 0.2) is 18.2 Å². The van der Waals surface area contributed by atoms with E-state index in [-0.39, 0.29) is 12.3 Å². The first kappa shape index (κ1) is 12.9. The first-order chi connectivity index (χ1) is 7.57. The summed E-state index contributed by atoms with van der Waals surface area (Å²) in [6.07, 6.45) is 1.29. The molecule has 0 amide bonds. The number of hydrogen-bond acceptors (Lipinski definition) is 3. The predicted octanol–water partition coefficient (Wildman–Crippen LogP) is 1.78. The van der Waals surface area contributed by atoms with Gasteiger partial charge in [0.2, 0.25) is 0 Å². The third-order valence-electron chi connectivity index (χ3n) is 2.69. The third kappa shape index (κ3) is 2.51. The topological polar surface area (TPSA) is 55.5 Å². The quantitative estimate of drug-likeness (QED) is 0.806. The highest BCUT2D eigenvalue weighted by Gasteiger charge is 2.27. The molecule has 90 valence electrons. The van der Waals surface area contributed by atoms with Crippen LogP contribution in [0, 0.1) is 5.82 Å². The molecule has 3 N–H and O–H groups in total. The highest BCUT2D eigenvalue weighted by Crippen LogP contribution is 2.28. The Hall–Kier alpha value is -1.13. The second-order valence-electron chi connectivity index (χ2n) is 3.84. The molecule has 0 bridgehead atoms. The molecule has 16 heavy (non-hydrogen) atoms. The van der Waals surface area contributed by atoms with Crippen LogP contribution in [0.4, 0.5) is 4.39 Å². The molecule has 4 heteroatoms. The number of ether oxygens (including phenoxy) is 1. The number of nitrogens with two attached hydrogens (primary N) is 1. The largest absolute Gasteiger partial charge is 0.494 e. The zero-order valence-corrected chi connectivity index (χ0v) is 9.66. The van der Waals surface area contributed by atoms with E-state index in [2.05, 4.69) is 0 Å². The molecule has 0 saturated carbocycles. The molecule has 0 radical (unpaired) electrons. The maximum absolute atomic E-state index is 13.5. The van der Waals surface area contributed by atoms with E-state index in [1.165, 1.54) is 19.2 Å². The lowest BCUT2D eigenvalue weighted by Crippen LogP contribution is -2.34. The van der Waals surface area contributed by atoms with Crippen molar-refractivity contribution in [2.75, 3.05) is 13.7 Å². The summed E-state index contributed by atoms with van der Waals surface area (Å²) >= 11 is 0. The standard InChI is InChI=1S/C12H18FNO2/c1-3-6-12(15,8-14)9-4-5-11(16-2)10(13)7-9/h4-5,7,15H,3,6,8,14H2,1-2H3. The van der Waals surface area contributed by atoms with E-state index in [0.29, 0.717) is 12.0 Å². The number of rotatable bonds is 5. The molecule has 1 unspecified atom stereocenters. The van der Waals surface area contributed by atoms with Crippen molar-refractivity contribution in [2.24, 2.45) is 5.73 Å². The van der Waals surface area contributed by atoms with E-state index in [1.54, 1.807) is 6.07 Å². The van der Waals surface area contributed by atoms with E-state index in [1.807, 2.05) is 6.92 Å². The number of aliphatic hydroxyl groups is 1. The van der Waals surface area contributed by atoms with Crippen molar-refractivity contribution in [3.05, 3.63) is 29.6 Å². The fourth-order valence-electron chi connectivity index (χ4n) is 1.73. The van der Waals surface area contributed by atoms with Crippen molar-refractivity contribution in [3.63, 3.8) is 0 Å². The van der Waals surface area contributed by atoms with E-state index >= 15 is 0 Å². The van der Waals surface area contributed by atoms with E-state index in [9.17, 15) is 9.50 Å². The van der Waals surface area contributed by atoms with Gasteiger partial charge in [-0.2, -0.15) is 0 Å². The number of hydrogen-bond donors (Lipinski definition) is 2. The molecule has 3 nitrogen and oxygen atoms in total. The Balaban J connectivity index is 3.07. The van der Waals surface area contributed by atoms with E-state index in [4.69, 9.17) is 10.5 Å². The summed E-state index contributed by atoms with van der Waals surface area (Å²) in [5.74, 6) is -0.317. The van der Waals surface area contributed by atoms with Gasteiger partial charge in [-0.05, 0) is 24.1 Å². The Morgan fingerprint density at radius 2 is 2.19 bits per heavy atom. The minimum atomic E-state index is -1.15. The van der Waals surface area contributed by atoms with Gasteiger partial charge in [0.25, 0.3) is 0 Å². The zero-order valence-electron chi connectivity index (χ0n) is 9.66. The van der Waals surface area contributed by atoms with Crippen molar-refractivity contribution in [2.45, 2.75) is 25.4 Å². The molecule has 1 aromatic rings. The van der Waals surface area contributed by atoms with Gasteiger partial charge in [-0.25, -0.2) is 4.39 Å². The lowest BCUT2D eigenvalue weighted by Gasteiger charge is -2.26. The fourth-order valence-corrected chi connectivity index (χ4v) is 1.73. The molecule has 1 rings (SSSR count). The van der Waals surface area contributed by atoms with Crippen molar-refractivity contribution >= 4 is 0 Å². The van der Waals surface area contributed by atoms with Gasteiger partial charge in [0, 0.05) is 6.54 Å². The SMILES string of the molecule is CCCC(O)(CN)c1ccc(OC)c(F)c1. The molecule has 1 atom stereocenters. The fraction of sp³-hybridized carbons (Fsp3) is 0.500. The molecule has 0 heterocycles. The van der Waals surface area contributed by atoms with Gasteiger partial charge in [-0.15, -0.1) is 0 Å². The molecule has 0 fully saturated rings.